The molecule has 0 amide bonds. The molecule has 1 aliphatic heterocycles. The lowest BCUT2D eigenvalue weighted by Crippen LogP contribution is -2.31. The summed E-state index contributed by atoms with van der Waals surface area (Å²) in [4.78, 5) is 7.40. The molecule has 0 unspecified atom stereocenters. The van der Waals surface area contributed by atoms with Gasteiger partial charge in [0, 0.05) is 36.5 Å². The maximum Gasteiger partial charge on any atom is 0.0714 e. The van der Waals surface area contributed by atoms with Crippen molar-refractivity contribution >= 4 is 22.5 Å². The minimum Gasteiger partial charge on any atom is -0.299 e. The van der Waals surface area contributed by atoms with Gasteiger partial charge in [-0.25, -0.2) is 0 Å². The fourth-order valence-corrected chi connectivity index (χ4v) is 3.64. The van der Waals surface area contributed by atoms with Crippen molar-refractivity contribution in [3.63, 3.8) is 0 Å². The van der Waals surface area contributed by atoms with Gasteiger partial charge in [-0.1, -0.05) is 13.0 Å². The van der Waals surface area contributed by atoms with Crippen molar-refractivity contribution in [3.05, 3.63) is 40.1 Å². The Balaban J connectivity index is 2.28. The Bertz CT molecular complexity index is 664. The highest BCUT2D eigenvalue weighted by molar-refractivity contribution is 6.18. The van der Waals surface area contributed by atoms with E-state index in [0.29, 0.717) is 5.88 Å². The van der Waals surface area contributed by atoms with Crippen molar-refractivity contribution in [1.82, 2.24) is 9.88 Å². The van der Waals surface area contributed by atoms with Crippen molar-refractivity contribution < 1.29 is 0 Å². The molecule has 0 spiro atoms. The van der Waals surface area contributed by atoms with E-state index in [0.717, 1.165) is 31.6 Å². The Labute approximate surface area is 125 Å². The first-order valence-electron chi connectivity index (χ1n) is 7.34. The maximum absolute atomic E-state index is 6.30. The number of pyridine rings is 1. The second kappa shape index (κ2) is 5.34. The van der Waals surface area contributed by atoms with Crippen LogP contribution in [0.2, 0.25) is 0 Å². The second-order valence-corrected chi connectivity index (χ2v) is 6.01. The SMILES string of the molecule is CCN1CCc2nc3cc(C)cc(C)c3c(CCl)c2C1. The van der Waals surface area contributed by atoms with Crippen LogP contribution in [-0.4, -0.2) is 23.0 Å². The van der Waals surface area contributed by atoms with Gasteiger partial charge < -0.3 is 0 Å². The van der Waals surface area contributed by atoms with E-state index in [2.05, 4.69) is 37.8 Å². The minimum atomic E-state index is 0.572. The lowest BCUT2D eigenvalue weighted by atomic mass is 9.94. The molecule has 3 rings (SSSR count). The highest BCUT2D eigenvalue weighted by Gasteiger charge is 2.22. The van der Waals surface area contributed by atoms with Gasteiger partial charge in [0.1, 0.15) is 0 Å². The number of hydrogen-bond acceptors (Lipinski definition) is 2. The summed E-state index contributed by atoms with van der Waals surface area (Å²) in [7, 11) is 0. The second-order valence-electron chi connectivity index (χ2n) is 5.74. The zero-order chi connectivity index (χ0) is 14.3. The van der Waals surface area contributed by atoms with E-state index in [1.165, 1.54) is 33.3 Å². The molecule has 106 valence electrons. The molecular weight excluding hydrogens is 268 g/mol. The average Bonchev–Trinajstić information content (AvgIpc) is 2.44. The molecule has 1 aliphatic rings. The van der Waals surface area contributed by atoms with Crippen LogP contribution in [0.5, 0.6) is 0 Å². The van der Waals surface area contributed by atoms with Gasteiger partial charge in [-0.05, 0) is 48.7 Å². The van der Waals surface area contributed by atoms with Crippen LogP contribution in [0.3, 0.4) is 0 Å². The zero-order valence-corrected chi connectivity index (χ0v) is 13.2. The molecule has 2 nitrogen and oxygen atoms in total. The number of fused-ring (bicyclic) bond motifs is 2. The maximum atomic E-state index is 6.30. The molecule has 3 heteroatoms. The quantitative estimate of drug-likeness (QED) is 0.778. The van der Waals surface area contributed by atoms with Crippen molar-refractivity contribution in [3.8, 4) is 0 Å². The predicted molar refractivity (Wildman–Crippen MR) is 85.4 cm³/mol. The smallest absolute Gasteiger partial charge is 0.0714 e. The molecule has 1 aromatic carbocycles. The number of alkyl halides is 1. The molecule has 0 N–H and O–H groups in total. The van der Waals surface area contributed by atoms with E-state index in [4.69, 9.17) is 16.6 Å². The van der Waals surface area contributed by atoms with Crippen LogP contribution in [0.25, 0.3) is 10.9 Å². The summed E-state index contributed by atoms with van der Waals surface area (Å²) in [5, 5.41) is 1.27. The average molecular weight is 289 g/mol. The third-order valence-electron chi connectivity index (χ3n) is 4.36. The first-order chi connectivity index (χ1) is 9.63. The molecule has 0 aliphatic carbocycles. The van der Waals surface area contributed by atoms with E-state index < -0.39 is 0 Å². The van der Waals surface area contributed by atoms with Crippen LogP contribution in [0.4, 0.5) is 0 Å². The van der Waals surface area contributed by atoms with Crippen LogP contribution in [-0.2, 0) is 18.8 Å². The van der Waals surface area contributed by atoms with Crippen molar-refractivity contribution in [2.75, 3.05) is 13.1 Å². The van der Waals surface area contributed by atoms with Crippen LogP contribution in [0.15, 0.2) is 12.1 Å². The number of aromatic nitrogens is 1. The normalized spacial score (nSPS) is 15.6. The van der Waals surface area contributed by atoms with Gasteiger partial charge in [0.05, 0.1) is 5.52 Å². The molecular formula is C17H21ClN2. The molecule has 0 atom stereocenters. The third kappa shape index (κ3) is 2.21. The molecule has 0 saturated heterocycles. The molecule has 20 heavy (non-hydrogen) atoms. The summed E-state index contributed by atoms with van der Waals surface area (Å²) < 4.78 is 0. The lowest BCUT2D eigenvalue weighted by molar-refractivity contribution is 0.265. The number of rotatable bonds is 2. The van der Waals surface area contributed by atoms with E-state index >= 15 is 0 Å². The van der Waals surface area contributed by atoms with Gasteiger partial charge in [0.25, 0.3) is 0 Å². The van der Waals surface area contributed by atoms with Crippen LogP contribution in [0, 0.1) is 13.8 Å². The van der Waals surface area contributed by atoms with Gasteiger partial charge in [0.15, 0.2) is 0 Å². The van der Waals surface area contributed by atoms with Crippen LogP contribution in [0.1, 0.15) is 34.9 Å². The predicted octanol–water partition coefficient (Wildman–Crippen LogP) is 3.97. The number of benzene rings is 1. The molecule has 1 aromatic heterocycles. The first-order valence-corrected chi connectivity index (χ1v) is 7.87. The standard InChI is InChI=1S/C17H21ClN2/c1-4-20-6-5-15-14(10-20)13(9-18)17-12(3)7-11(2)8-16(17)19-15/h7-8H,4-6,9-10H2,1-3H3. The van der Waals surface area contributed by atoms with Crippen molar-refractivity contribution in [1.29, 1.82) is 0 Å². The van der Waals surface area contributed by atoms with Crippen molar-refractivity contribution in [2.24, 2.45) is 0 Å². The van der Waals surface area contributed by atoms with Gasteiger partial charge in [-0.2, -0.15) is 0 Å². The van der Waals surface area contributed by atoms with E-state index in [1.54, 1.807) is 0 Å². The topological polar surface area (TPSA) is 16.1 Å². The fraction of sp³-hybridized carbons (Fsp3) is 0.471. The highest BCUT2D eigenvalue weighted by atomic mass is 35.5. The Kier molecular flexibility index (Phi) is 3.70. The summed E-state index contributed by atoms with van der Waals surface area (Å²) in [6.07, 6.45) is 1.04. The number of hydrogen-bond donors (Lipinski definition) is 0. The van der Waals surface area contributed by atoms with Gasteiger partial charge >= 0.3 is 0 Å². The summed E-state index contributed by atoms with van der Waals surface area (Å²) in [6, 6.07) is 4.41. The number of likely N-dealkylation sites (N-methyl/N-ethyl adjacent to an activating group) is 1. The Morgan fingerprint density at radius 2 is 2.10 bits per heavy atom. The van der Waals surface area contributed by atoms with E-state index in [-0.39, 0.29) is 0 Å². The molecule has 0 fully saturated rings. The number of aryl methyl sites for hydroxylation is 2. The molecule has 2 aromatic rings. The van der Waals surface area contributed by atoms with Crippen LogP contribution < -0.4 is 0 Å². The Hall–Kier alpha value is -1.12. The summed E-state index contributed by atoms with van der Waals surface area (Å²) in [5.74, 6) is 0.572. The number of halogens is 1. The van der Waals surface area contributed by atoms with E-state index in [1.807, 2.05) is 0 Å². The van der Waals surface area contributed by atoms with Gasteiger partial charge in [-0.15, -0.1) is 11.6 Å². The van der Waals surface area contributed by atoms with Crippen LogP contribution >= 0.6 is 11.6 Å². The van der Waals surface area contributed by atoms with Gasteiger partial charge in [0.2, 0.25) is 0 Å². The first kappa shape index (κ1) is 13.8. The van der Waals surface area contributed by atoms with E-state index in [9.17, 15) is 0 Å². The third-order valence-corrected chi connectivity index (χ3v) is 4.62. The molecule has 0 saturated carbocycles. The summed E-state index contributed by atoms with van der Waals surface area (Å²) in [5.41, 5.74) is 7.59. The summed E-state index contributed by atoms with van der Waals surface area (Å²) in [6.45, 7) is 9.70. The Morgan fingerprint density at radius 3 is 2.80 bits per heavy atom. The van der Waals surface area contributed by atoms with Crippen molar-refractivity contribution in [2.45, 2.75) is 39.6 Å². The number of nitrogens with zero attached hydrogens (tertiary/aromatic N) is 2. The highest BCUT2D eigenvalue weighted by Crippen LogP contribution is 2.31. The molecule has 0 radical (unpaired) electrons. The fourth-order valence-electron chi connectivity index (χ4n) is 3.34. The molecule has 2 heterocycles. The molecule has 0 bridgehead atoms. The minimum absolute atomic E-state index is 0.572. The monoisotopic (exact) mass is 288 g/mol. The Morgan fingerprint density at radius 1 is 1.30 bits per heavy atom. The lowest BCUT2D eigenvalue weighted by Gasteiger charge is -2.29. The van der Waals surface area contributed by atoms with Gasteiger partial charge in [-0.3, -0.25) is 9.88 Å². The zero-order valence-electron chi connectivity index (χ0n) is 12.5. The largest absolute Gasteiger partial charge is 0.299 e. The summed E-state index contributed by atoms with van der Waals surface area (Å²) >= 11 is 6.30.